The fourth-order valence-electron chi connectivity index (χ4n) is 4.44. The largest absolute Gasteiger partial charge is 0.461 e. The number of sulfone groups is 1. The van der Waals surface area contributed by atoms with Crippen LogP contribution in [0.3, 0.4) is 0 Å². The Morgan fingerprint density at radius 3 is 2.45 bits per heavy atom. The van der Waals surface area contributed by atoms with Gasteiger partial charge in [0.25, 0.3) is 0 Å². The molecule has 1 aliphatic heterocycles. The summed E-state index contributed by atoms with van der Waals surface area (Å²) in [7, 11) is -3.97. The number of benzene rings is 1. The summed E-state index contributed by atoms with van der Waals surface area (Å²) in [5.74, 6) is -1.19. The minimum atomic E-state index is -3.97. The Hall–Kier alpha value is -1.66. The van der Waals surface area contributed by atoms with Crippen LogP contribution in [-0.2, 0) is 19.4 Å². The lowest BCUT2D eigenvalue weighted by Gasteiger charge is -2.32. The van der Waals surface area contributed by atoms with Gasteiger partial charge >= 0.3 is 5.97 Å². The number of hydrogen-bond donors (Lipinski definition) is 1. The SMILES string of the molecule is C=CCCCCCC[C@@]1(S(=O)(=O)c2ccccc2)C(=O)O[C@H](CCC)[C@H]1CCO. The first-order valence-electron chi connectivity index (χ1n) is 10.7. The monoisotopic (exact) mass is 422 g/mol. The molecule has 1 saturated heterocycles. The van der Waals surface area contributed by atoms with Crippen LogP contribution in [-0.4, -0.2) is 37.0 Å². The summed E-state index contributed by atoms with van der Waals surface area (Å²) in [4.78, 5) is 13.3. The van der Waals surface area contributed by atoms with E-state index in [1.54, 1.807) is 18.2 Å². The lowest BCUT2D eigenvalue weighted by Crippen LogP contribution is -2.49. The van der Waals surface area contributed by atoms with Gasteiger partial charge in [-0.25, -0.2) is 8.42 Å². The first kappa shape index (κ1) is 23.6. The fourth-order valence-corrected chi connectivity index (χ4v) is 6.73. The van der Waals surface area contributed by atoms with Gasteiger partial charge in [0.15, 0.2) is 14.6 Å². The summed E-state index contributed by atoms with van der Waals surface area (Å²) >= 11 is 0. The number of rotatable bonds is 13. The molecule has 0 amide bonds. The lowest BCUT2D eigenvalue weighted by atomic mass is 9.82. The average molecular weight is 423 g/mol. The quantitative estimate of drug-likeness (QED) is 0.289. The molecule has 1 aliphatic rings. The maximum Gasteiger partial charge on any atom is 0.328 e. The third kappa shape index (κ3) is 4.92. The molecule has 0 saturated carbocycles. The van der Waals surface area contributed by atoms with E-state index in [1.165, 1.54) is 12.1 Å². The van der Waals surface area contributed by atoms with Crippen LogP contribution < -0.4 is 0 Å². The molecule has 1 aromatic rings. The predicted molar refractivity (Wildman–Crippen MR) is 114 cm³/mol. The molecule has 0 aliphatic carbocycles. The van der Waals surface area contributed by atoms with Crippen molar-refractivity contribution >= 4 is 15.8 Å². The Morgan fingerprint density at radius 2 is 1.83 bits per heavy atom. The molecule has 0 radical (unpaired) electrons. The van der Waals surface area contributed by atoms with Crippen molar-refractivity contribution in [1.82, 2.24) is 0 Å². The van der Waals surface area contributed by atoms with Crippen LogP contribution in [0, 0.1) is 5.92 Å². The predicted octanol–water partition coefficient (Wildman–Crippen LogP) is 4.45. The molecule has 162 valence electrons. The van der Waals surface area contributed by atoms with E-state index in [0.717, 1.165) is 32.1 Å². The second-order valence-corrected chi connectivity index (χ2v) is 10.0. The molecule has 1 heterocycles. The molecule has 1 N–H and O–H groups in total. The van der Waals surface area contributed by atoms with Gasteiger partial charge in [-0.2, -0.15) is 0 Å². The van der Waals surface area contributed by atoms with E-state index in [1.807, 2.05) is 13.0 Å². The van der Waals surface area contributed by atoms with Crippen molar-refractivity contribution in [2.45, 2.75) is 80.5 Å². The van der Waals surface area contributed by atoms with Gasteiger partial charge in [0.2, 0.25) is 0 Å². The Morgan fingerprint density at radius 1 is 1.14 bits per heavy atom. The van der Waals surface area contributed by atoms with Crippen molar-refractivity contribution in [3.63, 3.8) is 0 Å². The van der Waals surface area contributed by atoms with Gasteiger partial charge in [-0.05, 0) is 44.2 Å². The average Bonchev–Trinajstić information content (AvgIpc) is 2.98. The molecular weight excluding hydrogens is 388 g/mol. The molecule has 6 heteroatoms. The molecule has 1 aromatic carbocycles. The molecule has 3 atom stereocenters. The number of allylic oxidation sites excluding steroid dienone is 1. The highest BCUT2D eigenvalue weighted by Crippen LogP contribution is 2.48. The molecule has 1 fully saturated rings. The fraction of sp³-hybridized carbons (Fsp3) is 0.609. The second-order valence-electron chi connectivity index (χ2n) is 7.80. The van der Waals surface area contributed by atoms with Crippen molar-refractivity contribution in [3.05, 3.63) is 43.0 Å². The second kappa shape index (κ2) is 10.9. The van der Waals surface area contributed by atoms with Crippen LogP contribution in [0.1, 0.15) is 64.7 Å². The first-order valence-corrected chi connectivity index (χ1v) is 12.2. The van der Waals surface area contributed by atoms with Crippen molar-refractivity contribution in [2.24, 2.45) is 5.92 Å². The number of ether oxygens (including phenoxy) is 1. The van der Waals surface area contributed by atoms with E-state index < -0.39 is 32.6 Å². The van der Waals surface area contributed by atoms with Crippen LogP contribution in [0.5, 0.6) is 0 Å². The van der Waals surface area contributed by atoms with E-state index in [9.17, 15) is 18.3 Å². The number of unbranched alkanes of at least 4 members (excludes halogenated alkanes) is 4. The van der Waals surface area contributed by atoms with Crippen molar-refractivity contribution in [1.29, 1.82) is 0 Å². The standard InChI is InChI=1S/C23H34O5S/c1-3-5-6-7-8-12-17-23(29(26,27)19-14-10-9-11-15-19)20(16-18-24)21(13-4-2)28-22(23)25/h3,9-11,14-15,20-21,24H,1,4-8,12-13,16-18H2,2H3/t20-,21-,23+/m1/s1. The van der Waals surface area contributed by atoms with Gasteiger partial charge in [0, 0.05) is 12.5 Å². The Balaban J connectivity index is 2.41. The Labute approximate surface area is 175 Å². The van der Waals surface area contributed by atoms with Crippen molar-refractivity contribution in [3.8, 4) is 0 Å². The van der Waals surface area contributed by atoms with Crippen molar-refractivity contribution in [2.75, 3.05) is 6.61 Å². The normalized spacial score (nSPS) is 24.4. The summed E-state index contributed by atoms with van der Waals surface area (Å²) in [5.41, 5.74) is 0. The Bertz CT molecular complexity index is 759. The van der Waals surface area contributed by atoms with E-state index in [2.05, 4.69) is 6.58 Å². The maximum atomic E-state index is 13.8. The van der Waals surface area contributed by atoms with Gasteiger partial charge in [-0.15, -0.1) is 6.58 Å². The molecule has 2 rings (SSSR count). The molecular formula is C23H34O5S. The summed E-state index contributed by atoms with van der Waals surface area (Å²) in [6.07, 6.45) is 7.61. The van der Waals surface area contributed by atoms with Crippen LogP contribution in [0.15, 0.2) is 47.9 Å². The van der Waals surface area contributed by atoms with Gasteiger partial charge < -0.3 is 9.84 Å². The molecule has 0 aromatic heterocycles. The molecule has 0 unspecified atom stereocenters. The third-order valence-electron chi connectivity index (χ3n) is 5.90. The van der Waals surface area contributed by atoms with Gasteiger partial charge in [-0.3, -0.25) is 4.79 Å². The number of carbonyl (C=O) groups is 1. The summed E-state index contributed by atoms with van der Waals surface area (Å²) < 4.78 is 31.6. The van der Waals surface area contributed by atoms with E-state index >= 15 is 0 Å². The number of aliphatic hydroxyl groups excluding tert-OH is 1. The molecule has 5 nitrogen and oxygen atoms in total. The topological polar surface area (TPSA) is 80.7 Å². The zero-order valence-corrected chi connectivity index (χ0v) is 18.2. The smallest absolute Gasteiger partial charge is 0.328 e. The minimum absolute atomic E-state index is 0.142. The zero-order valence-electron chi connectivity index (χ0n) is 17.4. The summed E-state index contributed by atoms with van der Waals surface area (Å²) in [5, 5.41) is 9.67. The van der Waals surface area contributed by atoms with Crippen LogP contribution in [0.4, 0.5) is 0 Å². The highest BCUT2D eigenvalue weighted by Gasteiger charge is 2.64. The van der Waals surface area contributed by atoms with Crippen LogP contribution in [0.25, 0.3) is 0 Å². The number of hydrogen-bond acceptors (Lipinski definition) is 5. The van der Waals surface area contributed by atoms with Crippen LogP contribution in [0.2, 0.25) is 0 Å². The maximum absolute atomic E-state index is 13.8. The third-order valence-corrected chi connectivity index (χ3v) is 8.43. The van der Waals surface area contributed by atoms with Crippen molar-refractivity contribution < 1.29 is 23.1 Å². The van der Waals surface area contributed by atoms with E-state index in [-0.39, 0.29) is 24.3 Å². The molecule has 29 heavy (non-hydrogen) atoms. The van der Waals surface area contributed by atoms with E-state index in [4.69, 9.17) is 4.74 Å². The summed E-state index contributed by atoms with van der Waals surface area (Å²) in [6.45, 7) is 5.53. The lowest BCUT2D eigenvalue weighted by molar-refractivity contribution is -0.143. The van der Waals surface area contributed by atoms with Crippen LogP contribution >= 0.6 is 0 Å². The van der Waals surface area contributed by atoms with Gasteiger partial charge in [-0.1, -0.05) is 56.9 Å². The Kier molecular flexibility index (Phi) is 8.90. The highest BCUT2D eigenvalue weighted by molar-refractivity contribution is 7.93. The number of aliphatic hydroxyl groups is 1. The molecule has 0 bridgehead atoms. The zero-order chi connectivity index (χ0) is 21.3. The first-order chi connectivity index (χ1) is 14.0. The molecule has 0 spiro atoms. The minimum Gasteiger partial charge on any atom is -0.461 e. The van der Waals surface area contributed by atoms with Gasteiger partial charge in [0.05, 0.1) is 4.90 Å². The highest BCUT2D eigenvalue weighted by atomic mass is 32.2. The van der Waals surface area contributed by atoms with Gasteiger partial charge in [0.1, 0.15) is 6.10 Å². The number of cyclic esters (lactones) is 1. The summed E-state index contributed by atoms with van der Waals surface area (Å²) in [6, 6.07) is 8.17. The van der Waals surface area contributed by atoms with E-state index in [0.29, 0.717) is 12.8 Å². The number of carbonyl (C=O) groups excluding carboxylic acids is 1. The number of esters is 1.